The number of urea groups is 1. The van der Waals surface area contributed by atoms with Gasteiger partial charge in [0.25, 0.3) is 0 Å². The Morgan fingerprint density at radius 2 is 1.67 bits per heavy atom. The minimum atomic E-state index is -4.39. The van der Waals surface area contributed by atoms with Crippen molar-refractivity contribution in [3.8, 4) is 5.75 Å². The Labute approximate surface area is 137 Å². The Kier molecular flexibility index (Phi) is 5.68. The molecule has 2 aromatic carbocycles. The standard InChI is InChI=1S/C17H17F3N2O2/c1-24-15-8-2-12(3-9-15)10-11-21-16(23)22-14-6-4-13(5-7-14)17(18,19)20/h2-9H,10-11H2,1H3,(H2,21,22,23). The van der Waals surface area contributed by atoms with Gasteiger partial charge >= 0.3 is 12.2 Å². The molecule has 0 saturated carbocycles. The van der Waals surface area contributed by atoms with Crippen LogP contribution in [0, 0.1) is 0 Å². The van der Waals surface area contributed by atoms with Gasteiger partial charge in [-0.3, -0.25) is 0 Å². The summed E-state index contributed by atoms with van der Waals surface area (Å²) in [4.78, 5) is 11.7. The van der Waals surface area contributed by atoms with Crippen molar-refractivity contribution in [2.75, 3.05) is 19.0 Å². The second kappa shape index (κ2) is 7.72. The highest BCUT2D eigenvalue weighted by Gasteiger charge is 2.29. The van der Waals surface area contributed by atoms with Crippen molar-refractivity contribution in [2.45, 2.75) is 12.6 Å². The number of halogens is 3. The molecule has 7 heteroatoms. The Morgan fingerprint density at radius 3 is 2.21 bits per heavy atom. The van der Waals surface area contributed by atoms with Gasteiger partial charge in [0.15, 0.2) is 0 Å². The van der Waals surface area contributed by atoms with Crippen molar-refractivity contribution in [1.82, 2.24) is 5.32 Å². The van der Waals surface area contributed by atoms with Crippen LogP contribution in [0.4, 0.5) is 23.7 Å². The predicted octanol–water partition coefficient (Wildman–Crippen LogP) is 4.08. The Balaban J connectivity index is 1.78. The third-order valence-corrected chi connectivity index (χ3v) is 3.33. The highest BCUT2D eigenvalue weighted by Crippen LogP contribution is 2.29. The number of ether oxygens (including phenoxy) is 1. The summed E-state index contributed by atoms with van der Waals surface area (Å²) in [6.45, 7) is 0.402. The van der Waals surface area contributed by atoms with Crippen LogP contribution >= 0.6 is 0 Å². The fourth-order valence-electron chi connectivity index (χ4n) is 2.03. The number of alkyl halides is 3. The molecule has 0 unspecified atom stereocenters. The summed E-state index contributed by atoms with van der Waals surface area (Å²) >= 11 is 0. The number of carbonyl (C=O) groups is 1. The third-order valence-electron chi connectivity index (χ3n) is 3.33. The minimum Gasteiger partial charge on any atom is -0.497 e. The molecule has 24 heavy (non-hydrogen) atoms. The number of rotatable bonds is 5. The van der Waals surface area contributed by atoms with E-state index in [0.717, 1.165) is 23.4 Å². The Morgan fingerprint density at radius 1 is 1.04 bits per heavy atom. The van der Waals surface area contributed by atoms with Crippen molar-refractivity contribution < 1.29 is 22.7 Å². The fourth-order valence-corrected chi connectivity index (χ4v) is 2.03. The van der Waals surface area contributed by atoms with Crippen molar-refractivity contribution in [2.24, 2.45) is 0 Å². The first-order valence-corrected chi connectivity index (χ1v) is 7.23. The number of hydrogen-bond acceptors (Lipinski definition) is 2. The smallest absolute Gasteiger partial charge is 0.416 e. The van der Waals surface area contributed by atoms with E-state index in [4.69, 9.17) is 4.74 Å². The van der Waals surface area contributed by atoms with E-state index in [1.165, 1.54) is 12.1 Å². The van der Waals surface area contributed by atoms with Gasteiger partial charge in [0.1, 0.15) is 5.75 Å². The van der Waals surface area contributed by atoms with E-state index >= 15 is 0 Å². The first-order valence-electron chi connectivity index (χ1n) is 7.23. The number of amides is 2. The normalized spacial score (nSPS) is 11.0. The van der Waals surface area contributed by atoms with E-state index < -0.39 is 17.8 Å². The monoisotopic (exact) mass is 338 g/mol. The molecule has 2 N–H and O–H groups in total. The van der Waals surface area contributed by atoms with Gasteiger partial charge in [-0.15, -0.1) is 0 Å². The van der Waals surface area contributed by atoms with Crippen LogP contribution in [0.15, 0.2) is 48.5 Å². The van der Waals surface area contributed by atoms with E-state index in [0.29, 0.717) is 18.7 Å². The predicted molar refractivity (Wildman–Crippen MR) is 85.2 cm³/mol. The summed E-state index contributed by atoms with van der Waals surface area (Å²) in [5.74, 6) is 0.756. The zero-order valence-corrected chi connectivity index (χ0v) is 13.0. The summed E-state index contributed by atoms with van der Waals surface area (Å²) in [6.07, 6.45) is -3.76. The molecule has 2 amide bonds. The zero-order valence-electron chi connectivity index (χ0n) is 13.0. The molecule has 128 valence electrons. The summed E-state index contributed by atoms with van der Waals surface area (Å²) in [6, 6.07) is 11.3. The number of nitrogens with one attached hydrogen (secondary N) is 2. The van der Waals surface area contributed by atoms with Gasteiger partial charge in [-0.1, -0.05) is 12.1 Å². The lowest BCUT2D eigenvalue weighted by Gasteiger charge is -2.10. The molecule has 0 atom stereocenters. The second-order valence-corrected chi connectivity index (χ2v) is 5.05. The summed E-state index contributed by atoms with van der Waals surface area (Å²) in [5.41, 5.74) is 0.573. The summed E-state index contributed by atoms with van der Waals surface area (Å²) < 4.78 is 42.4. The van der Waals surface area contributed by atoms with Crippen molar-refractivity contribution >= 4 is 11.7 Å². The SMILES string of the molecule is COc1ccc(CCNC(=O)Nc2ccc(C(F)(F)F)cc2)cc1. The van der Waals surface area contributed by atoms with Gasteiger partial charge < -0.3 is 15.4 Å². The molecule has 0 aliphatic heterocycles. The van der Waals surface area contributed by atoms with Gasteiger partial charge in [0, 0.05) is 12.2 Å². The molecule has 0 aliphatic rings. The number of anilines is 1. The first kappa shape index (κ1) is 17.7. The second-order valence-electron chi connectivity index (χ2n) is 5.05. The number of methoxy groups -OCH3 is 1. The van der Waals surface area contributed by atoms with Gasteiger partial charge in [0.05, 0.1) is 12.7 Å². The molecule has 0 radical (unpaired) electrons. The van der Waals surface area contributed by atoms with Crippen LogP contribution in [0.2, 0.25) is 0 Å². The van der Waals surface area contributed by atoms with Crippen LogP contribution in [-0.2, 0) is 12.6 Å². The van der Waals surface area contributed by atoms with Crippen LogP contribution in [0.3, 0.4) is 0 Å². The number of hydrogen-bond donors (Lipinski definition) is 2. The van der Waals surface area contributed by atoms with E-state index in [-0.39, 0.29) is 0 Å². The van der Waals surface area contributed by atoms with Crippen LogP contribution in [0.5, 0.6) is 5.75 Å². The topological polar surface area (TPSA) is 50.4 Å². The van der Waals surface area contributed by atoms with E-state index in [1.807, 2.05) is 24.3 Å². The largest absolute Gasteiger partial charge is 0.497 e. The van der Waals surface area contributed by atoms with Crippen LogP contribution < -0.4 is 15.4 Å². The lowest BCUT2D eigenvalue weighted by Crippen LogP contribution is -2.30. The van der Waals surface area contributed by atoms with Crippen molar-refractivity contribution in [3.05, 3.63) is 59.7 Å². The van der Waals surface area contributed by atoms with Crippen molar-refractivity contribution in [1.29, 1.82) is 0 Å². The lowest BCUT2D eigenvalue weighted by atomic mass is 10.1. The quantitative estimate of drug-likeness (QED) is 0.863. The lowest BCUT2D eigenvalue weighted by molar-refractivity contribution is -0.137. The van der Waals surface area contributed by atoms with Gasteiger partial charge in [-0.25, -0.2) is 4.79 Å². The molecular formula is C17H17F3N2O2. The van der Waals surface area contributed by atoms with E-state index in [2.05, 4.69) is 10.6 Å². The summed E-state index contributed by atoms with van der Waals surface area (Å²) in [7, 11) is 1.59. The molecule has 0 aromatic heterocycles. The Hall–Kier alpha value is -2.70. The maximum Gasteiger partial charge on any atom is 0.416 e. The fraction of sp³-hybridized carbons (Fsp3) is 0.235. The first-order chi connectivity index (χ1) is 11.4. The highest BCUT2D eigenvalue weighted by atomic mass is 19.4. The Bertz CT molecular complexity index is 668. The molecule has 0 heterocycles. The molecule has 0 aliphatic carbocycles. The number of benzene rings is 2. The van der Waals surface area contributed by atoms with Gasteiger partial charge in [-0.2, -0.15) is 13.2 Å². The third kappa shape index (κ3) is 5.19. The molecule has 0 spiro atoms. The number of carbonyl (C=O) groups excluding carboxylic acids is 1. The van der Waals surface area contributed by atoms with Gasteiger partial charge in [0.2, 0.25) is 0 Å². The zero-order chi connectivity index (χ0) is 17.6. The minimum absolute atomic E-state index is 0.296. The average molecular weight is 338 g/mol. The molecule has 0 fully saturated rings. The van der Waals surface area contributed by atoms with E-state index in [1.54, 1.807) is 7.11 Å². The van der Waals surface area contributed by atoms with Crippen molar-refractivity contribution in [3.63, 3.8) is 0 Å². The molecule has 0 saturated heterocycles. The average Bonchev–Trinajstić information content (AvgIpc) is 2.55. The molecular weight excluding hydrogens is 321 g/mol. The molecule has 2 rings (SSSR count). The summed E-state index contributed by atoms with van der Waals surface area (Å²) in [5, 5.41) is 5.14. The van der Waals surface area contributed by atoms with Crippen LogP contribution in [0.1, 0.15) is 11.1 Å². The maximum atomic E-state index is 12.4. The van der Waals surface area contributed by atoms with E-state index in [9.17, 15) is 18.0 Å². The van der Waals surface area contributed by atoms with Crippen LogP contribution in [-0.4, -0.2) is 19.7 Å². The molecule has 0 bridgehead atoms. The molecule has 2 aromatic rings. The van der Waals surface area contributed by atoms with Gasteiger partial charge in [-0.05, 0) is 48.4 Å². The highest BCUT2D eigenvalue weighted by molar-refractivity contribution is 5.89. The molecule has 4 nitrogen and oxygen atoms in total. The van der Waals surface area contributed by atoms with Crippen LogP contribution in [0.25, 0.3) is 0 Å². The maximum absolute atomic E-state index is 12.4.